The van der Waals surface area contributed by atoms with E-state index in [4.69, 9.17) is 16.9 Å². The maximum absolute atomic E-state index is 8.33. The zero-order valence-corrected chi connectivity index (χ0v) is 7.80. The van der Waals surface area contributed by atoms with E-state index in [-0.39, 0.29) is 0 Å². The molecular formula is C9H11ClO2. The van der Waals surface area contributed by atoms with E-state index in [0.717, 1.165) is 5.56 Å². The van der Waals surface area contributed by atoms with Crippen molar-refractivity contribution < 1.29 is 10.1 Å². The highest BCUT2D eigenvalue weighted by Gasteiger charge is 2.05. The van der Waals surface area contributed by atoms with Crippen LogP contribution in [0.25, 0.3) is 0 Å². The van der Waals surface area contributed by atoms with Crippen molar-refractivity contribution in [3.63, 3.8) is 0 Å². The Balaban J connectivity index is 3.03. The first-order valence-electron chi connectivity index (χ1n) is 3.76. The molecule has 0 saturated heterocycles. The highest BCUT2D eigenvalue weighted by molar-refractivity contribution is 6.31. The molecule has 12 heavy (non-hydrogen) atoms. The van der Waals surface area contributed by atoms with Crippen molar-refractivity contribution in [1.29, 1.82) is 0 Å². The highest BCUT2D eigenvalue weighted by Crippen LogP contribution is 2.27. The Morgan fingerprint density at radius 1 is 1.42 bits per heavy atom. The number of hydrogen-bond donors (Lipinski definition) is 1. The first-order chi connectivity index (χ1) is 5.65. The third-order valence-electron chi connectivity index (χ3n) is 1.70. The van der Waals surface area contributed by atoms with E-state index in [0.29, 0.717) is 16.7 Å². The van der Waals surface area contributed by atoms with Crippen molar-refractivity contribution in [3.05, 3.63) is 28.8 Å². The Morgan fingerprint density at radius 2 is 2.08 bits per heavy atom. The lowest BCUT2D eigenvalue weighted by atomic mass is 10.0. The fourth-order valence-corrected chi connectivity index (χ4v) is 1.42. The van der Waals surface area contributed by atoms with Gasteiger partial charge in [0.05, 0.1) is 0 Å². The first kappa shape index (κ1) is 9.36. The summed E-state index contributed by atoms with van der Waals surface area (Å²) < 4.78 is 0. The third kappa shape index (κ3) is 1.90. The van der Waals surface area contributed by atoms with Crippen LogP contribution in [0, 0.1) is 0 Å². The Morgan fingerprint density at radius 3 is 2.50 bits per heavy atom. The van der Waals surface area contributed by atoms with Gasteiger partial charge in [0.25, 0.3) is 0 Å². The molecule has 0 spiro atoms. The fraction of sp³-hybridized carbons (Fsp3) is 0.333. The van der Waals surface area contributed by atoms with Crippen molar-refractivity contribution >= 4 is 11.6 Å². The minimum atomic E-state index is 0.365. The van der Waals surface area contributed by atoms with Gasteiger partial charge in [-0.1, -0.05) is 31.5 Å². The quantitative estimate of drug-likeness (QED) is 0.567. The summed E-state index contributed by atoms with van der Waals surface area (Å²) >= 11 is 5.91. The smallest absolute Gasteiger partial charge is 0.166 e. The lowest BCUT2D eigenvalue weighted by Crippen LogP contribution is -1.90. The molecule has 0 radical (unpaired) electrons. The fourth-order valence-electron chi connectivity index (χ4n) is 1.03. The zero-order valence-electron chi connectivity index (χ0n) is 7.04. The van der Waals surface area contributed by atoms with Crippen molar-refractivity contribution in [2.24, 2.45) is 0 Å². The topological polar surface area (TPSA) is 29.5 Å². The van der Waals surface area contributed by atoms with Crippen molar-refractivity contribution in [3.8, 4) is 5.75 Å². The van der Waals surface area contributed by atoms with E-state index in [1.165, 1.54) is 0 Å². The molecule has 1 rings (SSSR count). The maximum Gasteiger partial charge on any atom is 0.166 e. The summed E-state index contributed by atoms with van der Waals surface area (Å²) in [6.45, 7) is 4.11. The van der Waals surface area contributed by atoms with E-state index < -0.39 is 0 Å². The molecular weight excluding hydrogens is 176 g/mol. The van der Waals surface area contributed by atoms with Crippen LogP contribution in [-0.2, 0) is 0 Å². The van der Waals surface area contributed by atoms with Crippen LogP contribution in [0.2, 0.25) is 5.02 Å². The molecule has 0 aliphatic carbocycles. The predicted molar refractivity (Wildman–Crippen MR) is 48.8 cm³/mol. The molecule has 0 fully saturated rings. The monoisotopic (exact) mass is 186 g/mol. The Hall–Kier alpha value is -0.730. The molecule has 0 heterocycles. The van der Waals surface area contributed by atoms with Crippen LogP contribution in [0.3, 0.4) is 0 Å². The molecule has 1 aromatic carbocycles. The van der Waals surface area contributed by atoms with E-state index in [9.17, 15) is 0 Å². The van der Waals surface area contributed by atoms with Crippen LogP contribution in [-0.4, -0.2) is 5.26 Å². The van der Waals surface area contributed by atoms with Gasteiger partial charge in [0, 0.05) is 11.1 Å². The normalized spacial score (nSPS) is 10.4. The Kier molecular flexibility index (Phi) is 2.95. The summed E-state index contributed by atoms with van der Waals surface area (Å²) in [5, 5.41) is 8.95. The Labute approximate surface area is 76.7 Å². The second-order valence-electron chi connectivity index (χ2n) is 2.93. The number of rotatable bonds is 2. The standard InChI is InChI=1S/C9H11ClO2/c1-6(2)8-4-3-7(12-11)5-9(8)10/h3-6,11H,1-2H3. The molecule has 1 aromatic rings. The molecule has 0 aliphatic rings. The van der Waals surface area contributed by atoms with Crippen molar-refractivity contribution in [1.82, 2.24) is 0 Å². The van der Waals surface area contributed by atoms with Gasteiger partial charge in [-0.2, -0.15) is 0 Å². The van der Waals surface area contributed by atoms with Gasteiger partial charge in [-0.05, 0) is 17.5 Å². The molecule has 1 N–H and O–H groups in total. The molecule has 66 valence electrons. The third-order valence-corrected chi connectivity index (χ3v) is 2.03. The van der Waals surface area contributed by atoms with E-state index >= 15 is 0 Å². The average Bonchev–Trinajstić information content (AvgIpc) is 2.03. The summed E-state index contributed by atoms with van der Waals surface area (Å²) in [5.41, 5.74) is 1.05. The predicted octanol–water partition coefficient (Wildman–Crippen LogP) is 3.32. The average molecular weight is 187 g/mol. The SMILES string of the molecule is CC(C)c1ccc(OO)cc1Cl. The van der Waals surface area contributed by atoms with Gasteiger partial charge in [-0.3, -0.25) is 0 Å². The van der Waals surface area contributed by atoms with Gasteiger partial charge in [-0.25, -0.2) is 5.26 Å². The second kappa shape index (κ2) is 3.78. The summed E-state index contributed by atoms with van der Waals surface area (Å²) in [7, 11) is 0. The van der Waals surface area contributed by atoms with Gasteiger partial charge in [0.1, 0.15) is 0 Å². The van der Waals surface area contributed by atoms with Crippen LogP contribution in [0.1, 0.15) is 25.3 Å². The summed E-state index contributed by atoms with van der Waals surface area (Å²) in [5.74, 6) is 0.745. The van der Waals surface area contributed by atoms with Gasteiger partial charge in [-0.15, -0.1) is 0 Å². The number of halogens is 1. The lowest BCUT2D eigenvalue weighted by Gasteiger charge is -2.07. The molecule has 0 atom stereocenters. The molecule has 0 saturated carbocycles. The van der Waals surface area contributed by atoms with E-state index in [1.54, 1.807) is 12.1 Å². The molecule has 2 nitrogen and oxygen atoms in total. The van der Waals surface area contributed by atoms with E-state index in [2.05, 4.69) is 18.7 Å². The molecule has 0 bridgehead atoms. The van der Waals surface area contributed by atoms with E-state index in [1.807, 2.05) is 6.07 Å². The van der Waals surface area contributed by atoms with Crippen LogP contribution in [0.15, 0.2) is 18.2 Å². The van der Waals surface area contributed by atoms with Crippen LogP contribution in [0.5, 0.6) is 5.75 Å². The summed E-state index contributed by atoms with van der Waals surface area (Å²) in [6, 6.07) is 5.12. The minimum absolute atomic E-state index is 0.365. The molecule has 0 unspecified atom stereocenters. The van der Waals surface area contributed by atoms with Gasteiger partial charge in [0.2, 0.25) is 0 Å². The van der Waals surface area contributed by atoms with Crippen molar-refractivity contribution in [2.45, 2.75) is 19.8 Å². The number of benzene rings is 1. The highest BCUT2D eigenvalue weighted by atomic mass is 35.5. The molecule has 0 aromatic heterocycles. The number of hydrogen-bond acceptors (Lipinski definition) is 2. The summed E-state index contributed by atoms with van der Waals surface area (Å²) in [4.78, 5) is 4.05. The lowest BCUT2D eigenvalue weighted by molar-refractivity contribution is -0.137. The van der Waals surface area contributed by atoms with Crippen LogP contribution >= 0.6 is 11.6 Å². The van der Waals surface area contributed by atoms with Gasteiger partial charge in [0.15, 0.2) is 5.75 Å². The van der Waals surface area contributed by atoms with Gasteiger partial charge >= 0.3 is 0 Å². The second-order valence-corrected chi connectivity index (χ2v) is 3.34. The van der Waals surface area contributed by atoms with Crippen LogP contribution < -0.4 is 4.89 Å². The maximum atomic E-state index is 8.33. The van der Waals surface area contributed by atoms with Gasteiger partial charge < -0.3 is 4.89 Å². The molecule has 3 heteroatoms. The molecule has 0 amide bonds. The largest absolute Gasteiger partial charge is 0.340 e. The minimum Gasteiger partial charge on any atom is -0.340 e. The van der Waals surface area contributed by atoms with Crippen molar-refractivity contribution in [2.75, 3.05) is 0 Å². The summed E-state index contributed by atoms with van der Waals surface area (Å²) in [6.07, 6.45) is 0. The zero-order chi connectivity index (χ0) is 9.14. The van der Waals surface area contributed by atoms with Crippen LogP contribution in [0.4, 0.5) is 0 Å². The Bertz CT molecular complexity index is 271. The molecule has 0 aliphatic heterocycles. The first-order valence-corrected chi connectivity index (χ1v) is 4.14.